The van der Waals surface area contributed by atoms with E-state index in [1.807, 2.05) is 0 Å². The molecule has 12 heteroatoms. The van der Waals surface area contributed by atoms with E-state index in [2.05, 4.69) is 25.0 Å². The summed E-state index contributed by atoms with van der Waals surface area (Å²) in [6.07, 6.45) is 1.48. The Labute approximate surface area is 197 Å². The molecule has 0 unspecified atom stereocenters. The van der Waals surface area contributed by atoms with Crippen molar-refractivity contribution in [2.24, 2.45) is 0 Å². The Morgan fingerprint density at radius 1 is 1.00 bits per heavy atom. The van der Waals surface area contributed by atoms with Gasteiger partial charge in [0.05, 0.1) is 17.6 Å². The lowest BCUT2D eigenvalue weighted by atomic mass is 10.2. The zero-order chi connectivity index (χ0) is 22.7. The van der Waals surface area contributed by atoms with Crippen LogP contribution < -0.4 is 10.0 Å². The lowest BCUT2D eigenvalue weighted by Gasteiger charge is -2.05. The van der Waals surface area contributed by atoms with Crippen LogP contribution in [-0.4, -0.2) is 35.0 Å². The quantitative estimate of drug-likeness (QED) is 0.329. The first-order valence-corrected chi connectivity index (χ1v) is 12.4. The molecule has 0 fully saturated rings. The number of hydrogen-bond acceptors (Lipinski definition) is 6. The summed E-state index contributed by atoms with van der Waals surface area (Å²) in [5.41, 5.74) is 2.86. The number of aromatic nitrogens is 3. The van der Waals surface area contributed by atoms with Crippen LogP contribution >= 0.6 is 34.5 Å². The minimum absolute atomic E-state index is 0.00187. The average Bonchev–Trinajstić information content (AvgIpc) is 3.38. The third-order valence-corrected chi connectivity index (χ3v) is 6.60. The van der Waals surface area contributed by atoms with Crippen molar-refractivity contribution in [2.45, 2.75) is 0 Å². The van der Waals surface area contributed by atoms with Gasteiger partial charge in [0, 0.05) is 21.0 Å². The fourth-order valence-electron chi connectivity index (χ4n) is 2.74. The summed E-state index contributed by atoms with van der Waals surface area (Å²) in [7, 11) is -3.99. The van der Waals surface area contributed by atoms with Crippen LogP contribution in [0.4, 0.5) is 11.1 Å². The summed E-state index contributed by atoms with van der Waals surface area (Å²) in [6.45, 7) is 0. The topological polar surface area (TPSA) is 117 Å². The van der Waals surface area contributed by atoms with E-state index in [0.29, 0.717) is 21.4 Å². The van der Waals surface area contributed by atoms with Gasteiger partial charge in [0.25, 0.3) is 0 Å². The third-order valence-electron chi connectivity index (χ3n) is 4.19. The Kier molecular flexibility index (Phi) is 6.47. The first kappa shape index (κ1) is 22.3. The van der Waals surface area contributed by atoms with Gasteiger partial charge < -0.3 is 10.3 Å². The van der Waals surface area contributed by atoms with Gasteiger partial charge in [0.15, 0.2) is 5.13 Å². The number of sulfonamides is 1. The Hall–Kier alpha value is -2.92. The highest BCUT2D eigenvalue weighted by Gasteiger charge is 2.19. The summed E-state index contributed by atoms with van der Waals surface area (Å²) >= 11 is 12.9. The number of nitrogens with one attached hydrogen (secondary N) is 3. The predicted molar refractivity (Wildman–Crippen MR) is 128 cm³/mol. The molecule has 32 heavy (non-hydrogen) atoms. The molecular weight excluding hydrogens is 493 g/mol. The van der Waals surface area contributed by atoms with Crippen LogP contribution in [-0.2, 0) is 14.8 Å². The SMILES string of the molecule is O=C(CS(=O)(=O)Nc1ncc(-c2ccc(Cl)cc2)[nH]1)Nc1nc(-c2ccc(Cl)cc2)cs1. The van der Waals surface area contributed by atoms with E-state index < -0.39 is 21.7 Å². The lowest BCUT2D eigenvalue weighted by molar-refractivity contribution is -0.113. The normalized spacial score (nSPS) is 11.3. The Balaban J connectivity index is 1.37. The molecule has 3 N–H and O–H groups in total. The fourth-order valence-corrected chi connectivity index (χ4v) is 4.62. The smallest absolute Gasteiger partial charge is 0.244 e. The van der Waals surface area contributed by atoms with Crippen LogP contribution in [0.15, 0.2) is 60.1 Å². The predicted octanol–water partition coefficient (Wildman–Crippen LogP) is 4.89. The molecule has 2 aromatic carbocycles. The van der Waals surface area contributed by atoms with E-state index in [-0.39, 0.29) is 11.1 Å². The highest BCUT2D eigenvalue weighted by molar-refractivity contribution is 7.93. The number of carbonyl (C=O) groups excluding carboxylic acids is 1. The molecule has 0 aliphatic rings. The summed E-state index contributed by atoms with van der Waals surface area (Å²) in [5, 5.41) is 5.74. The van der Waals surface area contributed by atoms with Crippen molar-refractivity contribution in [3.63, 3.8) is 0 Å². The number of carbonyl (C=O) groups is 1. The molecule has 0 atom stereocenters. The summed E-state index contributed by atoms with van der Waals surface area (Å²) in [6, 6.07) is 14.0. The number of anilines is 2. The van der Waals surface area contributed by atoms with Crippen LogP contribution in [0.3, 0.4) is 0 Å². The van der Waals surface area contributed by atoms with Crippen molar-refractivity contribution < 1.29 is 13.2 Å². The van der Waals surface area contributed by atoms with Crippen molar-refractivity contribution in [1.82, 2.24) is 15.0 Å². The van der Waals surface area contributed by atoms with Crippen LogP contribution in [0, 0.1) is 0 Å². The van der Waals surface area contributed by atoms with Crippen molar-refractivity contribution >= 4 is 61.5 Å². The number of aromatic amines is 1. The van der Waals surface area contributed by atoms with E-state index in [1.54, 1.807) is 53.9 Å². The van der Waals surface area contributed by atoms with Gasteiger partial charge in [-0.2, -0.15) is 0 Å². The molecular formula is C20H15Cl2N5O3S2. The zero-order valence-electron chi connectivity index (χ0n) is 16.2. The molecule has 2 heterocycles. The summed E-state index contributed by atoms with van der Waals surface area (Å²) < 4.78 is 27.0. The summed E-state index contributed by atoms with van der Waals surface area (Å²) in [4.78, 5) is 23.4. The van der Waals surface area contributed by atoms with Crippen molar-refractivity contribution in [3.05, 3.63) is 70.2 Å². The maximum atomic E-state index is 12.4. The molecule has 0 saturated heterocycles. The zero-order valence-corrected chi connectivity index (χ0v) is 19.3. The number of hydrogen-bond donors (Lipinski definition) is 3. The number of nitrogens with zero attached hydrogens (tertiary/aromatic N) is 2. The number of H-pyrrole nitrogens is 1. The number of imidazole rings is 1. The summed E-state index contributed by atoms with van der Waals surface area (Å²) in [5.74, 6) is -1.51. The monoisotopic (exact) mass is 507 g/mol. The number of halogens is 2. The molecule has 0 bridgehead atoms. The molecule has 0 aliphatic carbocycles. The van der Waals surface area contributed by atoms with Gasteiger partial charge in [-0.3, -0.25) is 9.52 Å². The Morgan fingerprint density at radius 2 is 1.62 bits per heavy atom. The lowest BCUT2D eigenvalue weighted by Crippen LogP contribution is -2.27. The van der Waals surface area contributed by atoms with Gasteiger partial charge in [-0.15, -0.1) is 11.3 Å². The maximum Gasteiger partial charge on any atom is 0.244 e. The molecule has 0 radical (unpaired) electrons. The highest BCUT2D eigenvalue weighted by Crippen LogP contribution is 2.26. The second-order valence-corrected chi connectivity index (χ2v) is 10.1. The molecule has 2 aromatic heterocycles. The van der Waals surface area contributed by atoms with E-state index in [1.165, 1.54) is 17.5 Å². The van der Waals surface area contributed by atoms with Crippen molar-refractivity contribution in [1.29, 1.82) is 0 Å². The van der Waals surface area contributed by atoms with E-state index >= 15 is 0 Å². The van der Waals surface area contributed by atoms with Gasteiger partial charge in [-0.1, -0.05) is 47.5 Å². The van der Waals surface area contributed by atoms with Crippen LogP contribution in [0.5, 0.6) is 0 Å². The minimum Gasteiger partial charge on any atom is -0.323 e. The maximum absolute atomic E-state index is 12.4. The molecule has 0 spiro atoms. The minimum atomic E-state index is -3.99. The van der Waals surface area contributed by atoms with Gasteiger partial charge in [-0.05, 0) is 29.8 Å². The van der Waals surface area contributed by atoms with Crippen molar-refractivity contribution in [2.75, 3.05) is 15.8 Å². The molecule has 8 nitrogen and oxygen atoms in total. The Bertz CT molecular complexity index is 1350. The first-order valence-electron chi connectivity index (χ1n) is 9.10. The molecule has 0 saturated carbocycles. The number of rotatable bonds is 7. The number of benzene rings is 2. The third kappa shape index (κ3) is 5.65. The second-order valence-electron chi connectivity index (χ2n) is 6.61. The molecule has 164 valence electrons. The van der Waals surface area contributed by atoms with Gasteiger partial charge >= 0.3 is 0 Å². The van der Waals surface area contributed by atoms with Gasteiger partial charge in [0.2, 0.25) is 21.9 Å². The van der Waals surface area contributed by atoms with Crippen molar-refractivity contribution in [3.8, 4) is 22.5 Å². The number of amides is 1. The standard InChI is InChI=1S/C20H15Cl2N5O3S2/c21-14-5-1-12(2-6-14)16-9-23-19(24-16)27-32(29,30)11-18(28)26-20-25-17(10-31-20)13-3-7-15(22)8-4-13/h1-10H,11H2,(H2,23,24,27)(H,25,26,28). The Morgan fingerprint density at radius 3 is 2.28 bits per heavy atom. The molecule has 0 aliphatic heterocycles. The molecule has 1 amide bonds. The van der Waals surface area contributed by atoms with Gasteiger partial charge in [-0.25, -0.2) is 18.4 Å². The molecule has 4 aromatic rings. The second kappa shape index (κ2) is 9.29. The van der Waals surface area contributed by atoms with Crippen LogP contribution in [0.2, 0.25) is 10.0 Å². The van der Waals surface area contributed by atoms with Crippen LogP contribution in [0.25, 0.3) is 22.5 Å². The highest BCUT2D eigenvalue weighted by atomic mass is 35.5. The number of thiazole rings is 1. The van der Waals surface area contributed by atoms with E-state index in [9.17, 15) is 13.2 Å². The van der Waals surface area contributed by atoms with E-state index in [4.69, 9.17) is 23.2 Å². The molecule has 4 rings (SSSR count). The van der Waals surface area contributed by atoms with Gasteiger partial charge in [0.1, 0.15) is 5.75 Å². The van der Waals surface area contributed by atoms with Crippen LogP contribution in [0.1, 0.15) is 0 Å². The largest absolute Gasteiger partial charge is 0.323 e. The first-order chi connectivity index (χ1) is 15.3. The fraction of sp³-hybridized carbons (Fsp3) is 0.0500. The average molecular weight is 508 g/mol. The van der Waals surface area contributed by atoms with E-state index in [0.717, 1.165) is 11.1 Å².